The van der Waals surface area contributed by atoms with Crippen LogP contribution in [0, 0.1) is 5.82 Å². The summed E-state index contributed by atoms with van der Waals surface area (Å²) in [4.78, 5) is 10.8. The maximum absolute atomic E-state index is 13.0. The number of anilines is 1. The maximum Gasteiger partial charge on any atom is 0.222 e. The van der Waals surface area contributed by atoms with Gasteiger partial charge in [-0.1, -0.05) is 0 Å². The van der Waals surface area contributed by atoms with Crippen LogP contribution in [0.25, 0.3) is 0 Å². The number of halogens is 1. The van der Waals surface area contributed by atoms with E-state index in [0.29, 0.717) is 18.3 Å². The first-order chi connectivity index (χ1) is 12.1. The molecule has 1 N–H and O–H groups in total. The summed E-state index contributed by atoms with van der Waals surface area (Å²) in [5.41, 5.74) is 0.700. The van der Waals surface area contributed by atoms with Gasteiger partial charge in [-0.2, -0.15) is 0 Å². The zero-order chi connectivity index (χ0) is 17.7. The molecule has 0 bridgehead atoms. The number of nitrogens with one attached hydrogen (secondary N) is 1. The van der Waals surface area contributed by atoms with Crippen LogP contribution in [0.3, 0.4) is 0 Å². The van der Waals surface area contributed by atoms with Gasteiger partial charge in [0.2, 0.25) is 5.95 Å². The van der Waals surface area contributed by atoms with Gasteiger partial charge >= 0.3 is 0 Å². The van der Waals surface area contributed by atoms with E-state index >= 15 is 0 Å². The topological polar surface area (TPSA) is 59.5 Å². The van der Waals surface area contributed by atoms with Crippen LogP contribution < -0.4 is 10.1 Å². The van der Waals surface area contributed by atoms with Gasteiger partial charge in [0.05, 0.1) is 0 Å². The fraction of sp³-hybridized carbons (Fsp3) is 0.444. The number of aromatic nitrogens is 2. The zero-order valence-corrected chi connectivity index (χ0v) is 14.5. The zero-order valence-electron chi connectivity index (χ0n) is 14.5. The van der Waals surface area contributed by atoms with Crippen LogP contribution in [0.5, 0.6) is 5.75 Å². The minimum absolute atomic E-state index is 0.271. The van der Waals surface area contributed by atoms with Crippen molar-refractivity contribution < 1.29 is 13.9 Å². The van der Waals surface area contributed by atoms with E-state index in [-0.39, 0.29) is 11.4 Å². The number of hydrogen-bond donors (Lipinski definition) is 1. The average molecular weight is 346 g/mol. The third kappa shape index (κ3) is 4.43. The molecule has 1 aliphatic rings. The molecular weight excluding hydrogens is 323 g/mol. The first-order valence-electron chi connectivity index (χ1n) is 8.27. The molecule has 0 radical (unpaired) electrons. The molecule has 2 heterocycles. The molecule has 1 aromatic carbocycles. The third-order valence-corrected chi connectivity index (χ3v) is 4.48. The highest BCUT2D eigenvalue weighted by molar-refractivity contribution is 5.23. The van der Waals surface area contributed by atoms with Crippen molar-refractivity contribution in [2.45, 2.75) is 18.6 Å². The van der Waals surface area contributed by atoms with E-state index in [1.54, 1.807) is 26.3 Å². The van der Waals surface area contributed by atoms with Crippen LogP contribution in [-0.2, 0) is 11.3 Å². The Morgan fingerprint density at radius 2 is 1.96 bits per heavy atom. The SMILES string of the molecule is CNc1ncc(CN2CC[C@@](COc3ccc(F)cc3)(OC)C2)cn1. The average Bonchev–Trinajstić information content (AvgIpc) is 3.05. The highest BCUT2D eigenvalue weighted by atomic mass is 19.1. The summed E-state index contributed by atoms with van der Waals surface area (Å²) in [5.74, 6) is 0.990. The van der Waals surface area contributed by atoms with Gasteiger partial charge in [0, 0.05) is 51.7 Å². The van der Waals surface area contributed by atoms with Gasteiger partial charge in [-0.3, -0.25) is 4.90 Å². The van der Waals surface area contributed by atoms with Crippen molar-refractivity contribution in [3.63, 3.8) is 0 Å². The van der Waals surface area contributed by atoms with Crippen molar-refractivity contribution in [2.75, 3.05) is 39.2 Å². The second kappa shape index (κ2) is 7.76. The van der Waals surface area contributed by atoms with Crippen LogP contribution in [0.15, 0.2) is 36.7 Å². The van der Waals surface area contributed by atoms with Crippen LogP contribution in [0.4, 0.5) is 10.3 Å². The number of rotatable bonds is 7. The molecule has 1 fully saturated rings. The number of ether oxygens (including phenoxy) is 2. The molecule has 0 saturated carbocycles. The smallest absolute Gasteiger partial charge is 0.222 e. The second-order valence-electron chi connectivity index (χ2n) is 6.26. The Labute approximate surface area is 147 Å². The van der Waals surface area contributed by atoms with Gasteiger partial charge in [0.25, 0.3) is 0 Å². The predicted molar refractivity (Wildman–Crippen MR) is 93.1 cm³/mol. The van der Waals surface area contributed by atoms with Crippen molar-refractivity contribution in [3.05, 3.63) is 48.0 Å². The van der Waals surface area contributed by atoms with Crippen molar-refractivity contribution in [1.29, 1.82) is 0 Å². The van der Waals surface area contributed by atoms with E-state index in [4.69, 9.17) is 9.47 Å². The van der Waals surface area contributed by atoms with Crippen molar-refractivity contribution in [3.8, 4) is 5.75 Å². The lowest BCUT2D eigenvalue weighted by Gasteiger charge is -2.28. The first-order valence-corrected chi connectivity index (χ1v) is 8.27. The van der Waals surface area contributed by atoms with Crippen molar-refractivity contribution in [2.24, 2.45) is 0 Å². The van der Waals surface area contributed by atoms with Crippen molar-refractivity contribution >= 4 is 5.95 Å². The number of likely N-dealkylation sites (tertiary alicyclic amines) is 1. The van der Waals surface area contributed by atoms with Crippen LogP contribution in [-0.4, -0.2) is 54.3 Å². The standard InChI is InChI=1S/C18H23FN4O2/c1-20-17-21-9-14(10-22-17)11-23-8-7-18(12-23,24-2)13-25-16-5-3-15(19)4-6-16/h3-6,9-10H,7-8,11-13H2,1-2H3,(H,20,21,22)/t18-/m1/s1. The molecule has 1 saturated heterocycles. The number of benzene rings is 1. The Morgan fingerprint density at radius 1 is 1.24 bits per heavy atom. The summed E-state index contributed by atoms with van der Waals surface area (Å²) in [6.45, 7) is 2.87. The fourth-order valence-electron chi connectivity index (χ4n) is 2.98. The highest BCUT2D eigenvalue weighted by Gasteiger charge is 2.39. The van der Waals surface area contributed by atoms with E-state index in [0.717, 1.165) is 31.6 Å². The molecule has 0 aliphatic carbocycles. The Hall–Kier alpha value is -2.25. The van der Waals surface area contributed by atoms with Crippen molar-refractivity contribution in [1.82, 2.24) is 14.9 Å². The minimum Gasteiger partial charge on any atom is -0.491 e. The highest BCUT2D eigenvalue weighted by Crippen LogP contribution is 2.27. The van der Waals surface area contributed by atoms with E-state index in [2.05, 4.69) is 20.2 Å². The molecule has 134 valence electrons. The summed E-state index contributed by atoms with van der Waals surface area (Å²) < 4.78 is 24.6. The molecule has 7 heteroatoms. The molecular formula is C18H23FN4O2. The molecule has 2 aromatic rings. The Balaban J connectivity index is 1.56. The number of hydrogen-bond acceptors (Lipinski definition) is 6. The van der Waals surface area contributed by atoms with Crippen LogP contribution in [0.2, 0.25) is 0 Å². The Morgan fingerprint density at radius 3 is 2.60 bits per heavy atom. The first kappa shape index (κ1) is 17.6. The van der Waals surface area contributed by atoms with Gasteiger partial charge in [0.1, 0.15) is 23.8 Å². The summed E-state index contributed by atoms with van der Waals surface area (Å²) in [6.07, 6.45) is 4.54. The van der Waals surface area contributed by atoms with Gasteiger partial charge in [-0.05, 0) is 30.7 Å². The van der Waals surface area contributed by atoms with Gasteiger partial charge in [-0.15, -0.1) is 0 Å². The molecule has 1 atom stereocenters. The van der Waals surface area contributed by atoms with E-state index in [1.165, 1.54) is 12.1 Å². The summed E-state index contributed by atoms with van der Waals surface area (Å²) in [5, 5.41) is 2.91. The summed E-state index contributed by atoms with van der Waals surface area (Å²) in [6, 6.07) is 6.05. The molecule has 3 rings (SSSR count). The molecule has 25 heavy (non-hydrogen) atoms. The lowest BCUT2D eigenvalue weighted by Crippen LogP contribution is -2.41. The number of methoxy groups -OCH3 is 1. The molecule has 0 spiro atoms. The third-order valence-electron chi connectivity index (χ3n) is 4.48. The van der Waals surface area contributed by atoms with E-state index in [9.17, 15) is 4.39 Å². The Kier molecular flexibility index (Phi) is 5.45. The van der Waals surface area contributed by atoms with Crippen LogP contribution >= 0.6 is 0 Å². The predicted octanol–water partition coefficient (Wildman–Crippen LogP) is 2.33. The quantitative estimate of drug-likeness (QED) is 0.830. The lowest BCUT2D eigenvalue weighted by molar-refractivity contribution is -0.0359. The normalized spacial score (nSPS) is 20.6. The van der Waals surface area contributed by atoms with Gasteiger partial charge in [-0.25, -0.2) is 14.4 Å². The molecule has 1 aromatic heterocycles. The molecule has 0 amide bonds. The summed E-state index contributed by atoms with van der Waals surface area (Å²) in [7, 11) is 3.51. The number of nitrogens with zero attached hydrogens (tertiary/aromatic N) is 3. The summed E-state index contributed by atoms with van der Waals surface area (Å²) >= 11 is 0. The van der Waals surface area contributed by atoms with Crippen LogP contribution in [0.1, 0.15) is 12.0 Å². The lowest BCUT2D eigenvalue weighted by atomic mass is 10.0. The maximum atomic E-state index is 13.0. The van der Waals surface area contributed by atoms with E-state index < -0.39 is 0 Å². The minimum atomic E-state index is -0.361. The molecule has 0 unspecified atom stereocenters. The van der Waals surface area contributed by atoms with Gasteiger partial charge < -0.3 is 14.8 Å². The second-order valence-corrected chi connectivity index (χ2v) is 6.26. The van der Waals surface area contributed by atoms with Gasteiger partial charge in [0.15, 0.2) is 0 Å². The largest absolute Gasteiger partial charge is 0.491 e. The molecule has 6 nitrogen and oxygen atoms in total. The fourth-order valence-corrected chi connectivity index (χ4v) is 2.98. The van der Waals surface area contributed by atoms with E-state index in [1.807, 2.05) is 12.4 Å². The Bertz CT molecular complexity index is 680. The molecule has 1 aliphatic heterocycles. The monoisotopic (exact) mass is 346 g/mol.